The van der Waals surface area contributed by atoms with Gasteiger partial charge in [0.05, 0.1) is 23.7 Å². The van der Waals surface area contributed by atoms with Gasteiger partial charge in [0.15, 0.2) is 0 Å². The van der Waals surface area contributed by atoms with Crippen LogP contribution in [0.4, 0.5) is 0 Å². The maximum Gasteiger partial charge on any atom is 0.150 e. The molecule has 0 amide bonds. The van der Waals surface area contributed by atoms with E-state index in [9.17, 15) is 13.5 Å². The van der Waals surface area contributed by atoms with E-state index < -0.39 is 15.9 Å². The molecule has 9 nitrogen and oxygen atoms in total. The molecule has 1 N–H and O–H groups in total. The Morgan fingerprint density at radius 3 is 2.96 bits per heavy atom. The first-order valence-electron chi connectivity index (χ1n) is 8.24. The predicted molar refractivity (Wildman–Crippen MR) is 92.8 cm³/mol. The normalized spacial score (nSPS) is 16.7. The predicted octanol–water partition coefficient (Wildman–Crippen LogP) is 0.513. The molecule has 0 fully saturated rings. The zero-order valence-corrected chi connectivity index (χ0v) is 15.1. The molecule has 0 aliphatic carbocycles. The Morgan fingerprint density at radius 2 is 2.15 bits per heavy atom. The zero-order chi connectivity index (χ0) is 18.3. The summed E-state index contributed by atoms with van der Waals surface area (Å²) < 4.78 is 29.4. The number of rotatable bonds is 5. The summed E-state index contributed by atoms with van der Waals surface area (Å²) in [5, 5.41) is 22.3. The first-order chi connectivity index (χ1) is 12.4. The quantitative estimate of drug-likeness (QED) is 0.684. The molecule has 1 aliphatic rings. The first-order valence-corrected chi connectivity index (χ1v) is 10.3. The van der Waals surface area contributed by atoms with Crippen molar-refractivity contribution in [1.82, 2.24) is 25.0 Å². The van der Waals surface area contributed by atoms with Gasteiger partial charge in [-0.05, 0) is 28.0 Å². The highest BCUT2D eigenvalue weighted by Crippen LogP contribution is 2.22. The fraction of sp³-hybridized carbons (Fsp3) is 0.438. The van der Waals surface area contributed by atoms with Gasteiger partial charge in [-0.3, -0.25) is 9.58 Å². The Hall–Kier alpha value is -2.30. The van der Waals surface area contributed by atoms with Crippen molar-refractivity contribution in [2.24, 2.45) is 0 Å². The second kappa shape index (κ2) is 6.45. The van der Waals surface area contributed by atoms with E-state index in [1.54, 1.807) is 6.07 Å². The lowest BCUT2D eigenvalue weighted by Gasteiger charge is -2.27. The van der Waals surface area contributed by atoms with Crippen LogP contribution in [0.1, 0.15) is 23.1 Å². The van der Waals surface area contributed by atoms with Gasteiger partial charge in [-0.2, -0.15) is 5.10 Å². The van der Waals surface area contributed by atoms with E-state index in [0.29, 0.717) is 25.3 Å². The molecule has 0 bridgehead atoms. The van der Waals surface area contributed by atoms with E-state index >= 15 is 0 Å². The summed E-state index contributed by atoms with van der Waals surface area (Å²) in [6, 6.07) is 7.56. The number of benzene rings is 1. The minimum atomic E-state index is -3.27. The zero-order valence-electron chi connectivity index (χ0n) is 14.2. The molecule has 0 saturated heterocycles. The summed E-state index contributed by atoms with van der Waals surface area (Å²) in [6.45, 7) is 2.81. The summed E-state index contributed by atoms with van der Waals surface area (Å²) in [4.78, 5) is 2.24. The van der Waals surface area contributed by atoms with Crippen LogP contribution in [0.2, 0.25) is 0 Å². The number of hydrogen-bond acceptors (Lipinski definition) is 8. The molecule has 0 spiro atoms. The molecule has 1 aromatic carbocycles. The second-order valence-corrected chi connectivity index (χ2v) is 8.84. The summed E-state index contributed by atoms with van der Waals surface area (Å²) in [6.07, 6.45) is -0.000620. The Bertz CT molecular complexity index is 1040. The number of fused-ring (bicyclic) bond motifs is 2. The molecular formula is C16H19N5O4S. The highest BCUT2D eigenvalue weighted by Gasteiger charge is 2.23. The van der Waals surface area contributed by atoms with Gasteiger partial charge >= 0.3 is 0 Å². The van der Waals surface area contributed by atoms with Crippen molar-refractivity contribution >= 4 is 20.9 Å². The van der Waals surface area contributed by atoms with Crippen LogP contribution >= 0.6 is 0 Å². The molecule has 26 heavy (non-hydrogen) atoms. The number of aliphatic hydroxyl groups is 1. The molecule has 1 atom stereocenters. The molecule has 0 saturated carbocycles. The van der Waals surface area contributed by atoms with Gasteiger partial charge in [0.2, 0.25) is 0 Å². The van der Waals surface area contributed by atoms with Gasteiger partial charge in [-0.1, -0.05) is 12.1 Å². The summed E-state index contributed by atoms with van der Waals surface area (Å²) in [7, 11) is -3.27. The third-order valence-corrected chi connectivity index (χ3v) is 5.38. The van der Waals surface area contributed by atoms with Gasteiger partial charge in [0.1, 0.15) is 27.0 Å². The lowest BCUT2D eigenvalue weighted by molar-refractivity contribution is 0.191. The van der Waals surface area contributed by atoms with Crippen LogP contribution in [-0.2, 0) is 29.5 Å². The van der Waals surface area contributed by atoms with Crippen LogP contribution in [0, 0.1) is 0 Å². The van der Waals surface area contributed by atoms with E-state index in [4.69, 9.17) is 4.63 Å². The minimum absolute atomic E-state index is 0.325. The van der Waals surface area contributed by atoms with Crippen molar-refractivity contribution in [3.05, 3.63) is 41.2 Å². The van der Waals surface area contributed by atoms with Gasteiger partial charge in [-0.25, -0.2) is 13.0 Å². The molecule has 3 aromatic rings. The maximum atomic E-state index is 11.4. The lowest BCUT2D eigenvalue weighted by Crippen LogP contribution is -2.33. The fourth-order valence-corrected chi connectivity index (χ4v) is 3.99. The van der Waals surface area contributed by atoms with Gasteiger partial charge in [-0.15, -0.1) is 0 Å². The van der Waals surface area contributed by atoms with E-state index in [2.05, 4.69) is 20.3 Å². The lowest BCUT2D eigenvalue weighted by atomic mass is 10.1. The maximum absolute atomic E-state index is 11.4. The molecule has 1 aliphatic heterocycles. The minimum Gasteiger partial charge on any atom is -0.386 e. The third kappa shape index (κ3) is 3.48. The fourth-order valence-electron chi connectivity index (χ4n) is 3.24. The number of nitrogens with zero attached hydrogens (tertiary/aromatic N) is 5. The van der Waals surface area contributed by atoms with Gasteiger partial charge in [0, 0.05) is 25.9 Å². The molecule has 0 radical (unpaired) electrons. The third-order valence-electron chi connectivity index (χ3n) is 4.46. The molecule has 3 heterocycles. The van der Waals surface area contributed by atoms with Gasteiger partial charge < -0.3 is 5.11 Å². The molecule has 1 unspecified atom stereocenters. The highest BCUT2D eigenvalue weighted by atomic mass is 32.2. The SMILES string of the molecule is CS(=O)(=O)CC(O)c1cc2n(n1)CCN(Cc1cccc3nonc13)C2. The number of sulfone groups is 1. The smallest absolute Gasteiger partial charge is 0.150 e. The van der Waals surface area contributed by atoms with E-state index in [0.717, 1.165) is 35.1 Å². The van der Waals surface area contributed by atoms with Crippen molar-refractivity contribution in [3.63, 3.8) is 0 Å². The van der Waals surface area contributed by atoms with Crippen molar-refractivity contribution in [2.75, 3.05) is 18.6 Å². The summed E-state index contributed by atoms with van der Waals surface area (Å²) in [5.41, 5.74) is 3.87. The number of aromatic nitrogens is 4. The van der Waals surface area contributed by atoms with Crippen LogP contribution in [0.3, 0.4) is 0 Å². The van der Waals surface area contributed by atoms with Crippen molar-refractivity contribution in [3.8, 4) is 0 Å². The van der Waals surface area contributed by atoms with Gasteiger partial charge in [0.25, 0.3) is 0 Å². The Morgan fingerprint density at radius 1 is 1.31 bits per heavy atom. The van der Waals surface area contributed by atoms with E-state index in [1.165, 1.54) is 0 Å². The van der Waals surface area contributed by atoms with E-state index in [1.807, 2.05) is 22.9 Å². The molecule has 4 rings (SSSR count). The van der Waals surface area contributed by atoms with Crippen molar-refractivity contribution in [2.45, 2.75) is 25.7 Å². The Balaban J connectivity index is 1.50. The second-order valence-electron chi connectivity index (χ2n) is 6.65. The average molecular weight is 377 g/mol. The van der Waals surface area contributed by atoms with Crippen molar-refractivity contribution in [1.29, 1.82) is 0 Å². The van der Waals surface area contributed by atoms with Crippen molar-refractivity contribution < 1.29 is 18.2 Å². The summed E-state index contributed by atoms with van der Waals surface area (Å²) in [5.74, 6) is -0.325. The Labute approximate surface area is 150 Å². The summed E-state index contributed by atoms with van der Waals surface area (Å²) >= 11 is 0. The number of hydrogen-bond donors (Lipinski definition) is 1. The van der Waals surface area contributed by atoms with E-state index in [-0.39, 0.29) is 5.75 Å². The standard InChI is InChI=1S/C16H19N5O4S/c1-26(23,24)10-15(22)14-7-12-9-20(5-6-21(12)17-14)8-11-3-2-4-13-16(11)19-25-18-13/h2-4,7,15,22H,5-6,8-10H2,1H3. The van der Waals surface area contributed by atoms with Crippen LogP contribution < -0.4 is 0 Å². The van der Waals surface area contributed by atoms with Crippen LogP contribution in [0.5, 0.6) is 0 Å². The van der Waals surface area contributed by atoms with Crippen LogP contribution in [0.25, 0.3) is 11.0 Å². The van der Waals surface area contributed by atoms with Crippen LogP contribution in [-0.4, -0.2) is 57.1 Å². The number of aliphatic hydroxyl groups excluding tert-OH is 1. The molecule has 10 heteroatoms. The molecule has 138 valence electrons. The topological polar surface area (TPSA) is 114 Å². The monoisotopic (exact) mass is 377 g/mol. The molecular weight excluding hydrogens is 358 g/mol. The molecule has 2 aromatic heterocycles. The highest BCUT2D eigenvalue weighted by molar-refractivity contribution is 7.90. The largest absolute Gasteiger partial charge is 0.386 e. The van der Waals surface area contributed by atoms with Crippen LogP contribution in [0.15, 0.2) is 28.9 Å². The Kier molecular flexibility index (Phi) is 4.25. The average Bonchev–Trinajstić information content (AvgIpc) is 3.19. The first kappa shape index (κ1) is 17.1.